The lowest BCUT2D eigenvalue weighted by molar-refractivity contribution is -0.136. The number of rotatable bonds is 5. The van der Waals surface area contributed by atoms with E-state index in [4.69, 9.17) is 5.11 Å². The van der Waals surface area contributed by atoms with Gasteiger partial charge in [0.05, 0.1) is 0 Å². The molecule has 2 aromatic carbocycles. The Bertz CT molecular complexity index is 551. The van der Waals surface area contributed by atoms with Gasteiger partial charge in [0.2, 0.25) is 0 Å². The van der Waals surface area contributed by atoms with E-state index < -0.39 is 5.97 Å². The zero-order valence-electron chi connectivity index (χ0n) is 10.3. The Labute approximate surface area is 111 Å². The van der Waals surface area contributed by atoms with Crippen LogP contribution in [-0.2, 0) is 11.2 Å². The van der Waals surface area contributed by atoms with E-state index in [1.165, 1.54) is 22.5 Å². The Morgan fingerprint density at radius 3 is 2.61 bits per heavy atom. The molecule has 0 aliphatic rings. The quantitative estimate of drug-likeness (QED) is 0.892. The summed E-state index contributed by atoms with van der Waals surface area (Å²) >= 11 is 1.49. The first-order chi connectivity index (χ1) is 8.70. The van der Waals surface area contributed by atoms with Crippen molar-refractivity contribution in [2.75, 3.05) is 5.75 Å². The molecule has 0 aromatic heterocycles. The number of carboxylic acids is 1. The molecular weight excluding hydrogens is 244 g/mol. The fourth-order valence-electron chi connectivity index (χ4n) is 2.00. The average Bonchev–Trinajstić information content (AvgIpc) is 2.38. The normalized spacial score (nSPS) is 12.5. The summed E-state index contributed by atoms with van der Waals surface area (Å²) in [5.74, 6) is 0.0971. The highest BCUT2D eigenvalue weighted by Crippen LogP contribution is 2.20. The van der Waals surface area contributed by atoms with Gasteiger partial charge in [0.1, 0.15) is 5.25 Å². The van der Waals surface area contributed by atoms with Gasteiger partial charge < -0.3 is 5.11 Å². The largest absolute Gasteiger partial charge is 0.480 e. The molecule has 0 aliphatic carbocycles. The van der Waals surface area contributed by atoms with E-state index in [9.17, 15) is 4.79 Å². The summed E-state index contributed by atoms with van der Waals surface area (Å²) in [6, 6.07) is 14.3. The van der Waals surface area contributed by atoms with E-state index in [0.29, 0.717) is 6.42 Å². The number of hydrogen-bond donors (Lipinski definition) is 1. The molecule has 2 rings (SSSR count). The van der Waals surface area contributed by atoms with Crippen LogP contribution in [0.1, 0.15) is 12.5 Å². The lowest BCUT2D eigenvalue weighted by Gasteiger charge is -2.11. The fourth-order valence-corrected chi connectivity index (χ4v) is 2.85. The Morgan fingerprint density at radius 2 is 1.94 bits per heavy atom. The van der Waals surface area contributed by atoms with Crippen molar-refractivity contribution in [3.05, 3.63) is 48.0 Å². The highest BCUT2D eigenvalue weighted by molar-refractivity contribution is 8.00. The molecular formula is C15H16O2S. The van der Waals surface area contributed by atoms with Crippen LogP contribution in [0.2, 0.25) is 0 Å². The summed E-state index contributed by atoms with van der Waals surface area (Å²) in [6.45, 7) is 1.99. The highest BCUT2D eigenvalue weighted by Gasteiger charge is 2.17. The molecule has 0 amide bonds. The molecule has 0 saturated heterocycles. The maximum Gasteiger partial charge on any atom is 0.316 e. The number of thioether (sulfide) groups is 1. The number of hydrogen-bond acceptors (Lipinski definition) is 2. The monoisotopic (exact) mass is 260 g/mol. The number of carbonyl (C=O) groups is 1. The number of fused-ring (bicyclic) bond motifs is 1. The topological polar surface area (TPSA) is 37.3 Å². The van der Waals surface area contributed by atoms with Crippen LogP contribution in [0, 0.1) is 0 Å². The van der Waals surface area contributed by atoms with Crippen LogP contribution in [0.15, 0.2) is 42.5 Å². The van der Waals surface area contributed by atoms with Gasteiger partial charge in [-0.3, -0.25) is 4.79 Å². The third-order valence-corrected chi connectivity index (χ3v) is 3.98. The van der Waals surface area contributed by atoms with E-state index >= 15 is 0 Å². The van der Waals surface area contributed by atoms with Crippen molar-refractivity contribution in [1.29, 1.82) is 0 Å². The smallest absolute Gasteiger partial charge is 0.316 e. The maximum atomic E-state index is 11.1. The van der Waals surface area contributed by atoms with Gasteiger partial charge in [0.15, 0.2) is 0 Å². The van der Waals surface area contributed by atoms with Crippen LogP contribution in [0.4, 0.5) is 0 Å². The number of benzene rings is 2. The molecule has 94 valence electrons. The van der Waals surface area contributed by atoms with Crippen molar-refractivity contribution in [1.82, 2.24) is 0 Å². The van der Waals surface area contributed by atoms with E-state index in [2.05, 4.69) is 24.3 Å². The summed E-state index contributed by atoms with van der Waals surface area (Å²) in [7, 11) is 0. The number of aliphatic carboxylic acids is 1. The predicted molar refractivity (Wildman–Crippen MR) is 77.2 cm³/mol. The first-order valence-electron chi connectivity index (χ1n) is 6.03. The SMILES string of the molecule is CCSC(Cc1ccc2ccccc2c1)C(=O)O. The predicted octanol–water partition coefficient (Wildman–Crippen LogP) is 3.59. The maximum absolute atomic E-state index is 11.1. The molecule has 18 heavy (non-hydrogen) atoms. The van der Waals surface area contributed by atoms with Crippen LogP contribution in [-0.4, -0.2) is 22.1 Å². The Hall–Kier alpha value is -1.48. The Kier molecular flexibility index (Phi) is 4.26. The second-order valence-electron chi connectivity index (χ2n) is 4.17. The van der Waals surface area contributed by atoms with Gasteiger partial charge in [-0.15, -0.1) is 11.8 Å². The van der Waals surface area contributed by atoms with Gasteiger partial charge in [0.25, 0.3) is 0 Å². The van der Waals surface area contributed by atoms with Gasteiger partial charge in [0, 0.05) is 0 Å². The van der Waals surface area contributed by atoms with E-state index in [1.54, 1.807) is 0 Å². The zero-order chi connectivity index (χ0) is 13.0. The lowest BCUT2D eigenvalue weighted by Crippen LogP contribution is -2.19. The first kappa shape index (κ1) is 13.0. The van der Waals surface area contributed by atoms with E-state index in [1.807, 2.05) is 25.1 Å². The molecule has 2 aromatic rings. The van der Waals surface area contributed by atoms with Gasteiger partial charge in [-0.2, -0.15) is 0 Å². The third kappa shape index (κ3) is 3.05. The van der Waals surface area contributed by atoms with Crippen molar-refractivity contribution >= 4 is 28.5 Å². The first-order valence-corrected chi connectivity index (χ1v) is 7.07. The molecule has 0 bridgehead atoms. The number of carboxylic acid groups (broad SMARTS) is 1. The molecule has 0 radical (unpaired) electrons. The van der Waals surface area contributed by atoms with Gasteiger partial charge in [-0.05, 0) is 28.5 Å². The van der Waals surface area contributed by atoms with Crippen LogP contribution in [0.3, 0.4) is 0 Å². The Balaban J connectivity index is 2.22. The van der Waals surface area contributed by atoms with Gasteiger partial charge in [-0.25, -0.2) is 0 Å². The second-order valence-corrected chi connectivity index (χ2v) is 5.65. The molecule has 0 spiro atoms. The van der Waals surface area contributed by atoms with Gasteiger partial charge >= 0.3 is 5.97 Å². The molecule has 0 fully saturated rings. The Morgan fingerprint density at radius 1 is 1.22 bits per heavy atom. The molecule has 0 saturated carbocycles. The van der Waals surface area contributed by atoms with Crippen molar-refractivity contribution in [2.45, 2.75) is 18.6 Å². The van der Waals surface area contributed by atoms with Crippen molar-refractivity contribution in [3.8, 4) is 0 Å². The van der Waals surface area contributed by atoms with Crippen LogP contribution in [0.5, 0.6) is 0 Å². The highest BCUT2D eigenvalue weighted by atomic mass is 32.2. The minimum Gasteiger partial charge on any atom is -0.480 e. The minimum absolute atomic E-state index is 0.351. The van der Waals surface area contributed by atoms with E-state index in [0.717, 1.165) is 11.3 Å². The van der Waals surface area contributed by atoms with Crippen LogP contribution >= 0.6 is 11.8 Å². The summed E-state index contributed by atoms with van der Waals surface area (Å²) < 4.78 is 0. The van der Waals surface area contributed by atoms with Crippen molar-refractivity contribution in [3.63, 3.8) is 0 Å². The summed E-state index contributed by atoms with van der Waals surface area (Å²) in [4.78, 5) is 11.1. The molecule has 0 heterocycles. The standard InChI is InChI=1S/C15H16O2S/c1-2-18-14(15(16)17)10-11-7-8-12-5-3-4-6-13(12)9-11/h3-9,14H,2,10H2,1H3,(H,16,17). The van der Waals surface area contributed by atoms with Crippen LogP contribution < -0.4 is 0 Å². The minimum atomic E-state index is -0.727. The molecule has 1 N–H and O–H groups in total. The lowest BCUT2D eigenvalue weighted by atomic mass is 10.0. The molecule has 2 nitrogen and oxygen atoms in total. The van der Waals surface area contributed by atoms with Crippen molar-refractivity contribution in [2.24, 2.45) is 0 Å². The van der Waals surface area contributed by atoms with E-state index in [-0.39, 0.29) is 5.25 Å². The summed E-state index contributed by atoms with van der Waals surface area (Å²) in [5, 5.41) is 11.2. The third-order valence-electron chi connectivity index (χ3n) is 2.88. The fraction of sp³-hybridized carbons (Fsp3) is 0.267. The van der Waals surface area contributed by atoms with Gasteiger partial charge in [-0.1, -0.05) is 49.4 Å². The molecule has 0 aliphatic heterocycles. The summed E-state index contributed by atoms with van der Waals surface area (Å²) in [5.41, 5.74) is 1.09. The van der Waals surface area contributed by atoms with Crippen LogP contribution in [0.25, 0.3) is 10.8 Å². The zero-order valence-corrected chi connectivity index (χ0v) is 11.1. The summed E-state index contributed by atoms with van der Waals surface area (Å²) in [6.07, 6.45) is 0.582. The average molecular weight is 260 g/mol. The molecule has 1 unspecified atom stereocenters. The van der Waals surface area contributed by atoms with Crippen molar-refractivity contribution < 1.29 is 9.90 Å². The second kappa shape index (κ2) is 5.91. The molecule has 3 heteroatoms. The molecule has 1 atom stereocenters.